The van der Waals surface area contributed by atoms with E-state index >= 15 is 0 Å². The fraction of sp³-hybridized carbons (Fsp3) is 0.450. The molecule has 0 spiro atoms. The molecule has 0 bridgehead atoms. The minimum Gasteiger partial charge on any atom is -0.497 e. The standard InChI is InChI=1S/C20H24BrN5O2/c1-28-15-4-5-17(21)16(14-15)19(27)25-12-10-24(11-13-25)18-6-7-22-20(23-18)26-8-2-3-9-26/h4-7,14H,2-3,8-13H2,1H3. The van der Waals surface area contributed by atoms with E-state index in [1.807, 2.05) is 29.3 Å². The summed E-state index contributed by atoms with van der Waals surface area (Å²) in [7, 11) is 1.61. The van der Waals surface area contributed by atoms with Crippen molar-refractivity contribution in [2.24, 2.45) is 0 Å². The molecule has 0 radical (unpaired) electrons. The Bertz CT molecular complexity index is 848. The van der Waals surface area contributed by atoms with E-state index in [2.05, 4.69) is 30.7 Å². The van der Waals surface area contributed by atoms with Crippen molar-refractivity contribution in [1.29, 1.82) is 0 Å². The number of aromatic nitrogens is 2. The number of hydrogen-bond donors (Lipinski definition) is 0. The van der Waals surface area contributed by atoms with Crippen LogP contribution in [-0.2, 0) is 0 Å². The summed E-state index contributed by atoms with van der Waals surface area (Å²) in [6, 6.07) is 7.43. The molecule has 0 aliphatic carbocycles. The number of carbonyl (C=O) groups is 1. The second-order valence-corrected chi connectivity index (χ2v) is 7.89. The van der Waals surface area contributed by atoms with Crippen LogP contribution in [-0.4, -0.2) is 67.2 Å². The monoisotopic (exact) mass is 445 g/mol. The van der Waals surface area contributed by atoms with Gasteiger partial charge in [-0.1, -0.05) is 0 Å². The Hall–Kier alpha value is -2.35. The van der Waals surface area contributed by atoms with E-state index in [-0.39, 0.29) is 5.91 Å². The number of rotatable bonds is 4. The highest BCUT2D eigenvalue weighted by Crippen LogP contribution is 2.25. The third-order valence-corrected chi connectivity index (χ3v) is 6.00. The summed E-state index contributed by atoms with van der Waals surface area (Å²) in [6.07, 6.45) is 4.24. The van der Waals surface area contributed by atoms with Crippen LogP contribution in [0.1, 0.15) is 23.2 Å². The molecular weight excluding hydrogens is 422 g/mol. The lowest BCUT2D eigenvalue weighted by Gasteiger charge is -2.35. The zero-order chi connectivity index (χ0) is 19.5. The molecule has 0 saturated carbocycles. The first-order valence-corrected chi connectivity index (χ1v) is 10.4. The molecule has 1 aromatic heterocycles. The van der Waals surface area contributed by atoms with Crippen molar-refractivity contribution in [2.45, 2.75) is 12.8 Å². The summed E-state index contributed by atoms with van der Waals surface area (Å²) < 4.78 is 6.04. The maximum atomic E-state index is 12.9. The highest BCUT2D eigenvalue weighted by molar-refractivity contribution is 9.10. The molecule has 0 N–H and O–H groups in total. The fourth-order valence-electron chi connectivity index (χ4n) is 3.69. The number of halogens is 1. The second-order valence-electron chi connectivity index (χ2n) is 7.03. The summed E-state index contributed by atoms with van der Waals surface area (Å²) in [5, 5.41) is 0. The first-order chi connectivity index (χ1) is 13.7. The van der Waals surface area contributed by atoms with Crippen LogP contribution < -0.4 is 14.5 Å². The molecule has 2 aromatic rings. The number of carbonyl (C=O) groups excluding carboxylic acids is 1. The van der Waals surface area contributed by atoms with E-state index in [4.69, 9.17) is 9.72 Å². The van der Waals surface area contributed by atoms with Gasteiger partial charge in [0.1, 0.15) is 11.6 Å². The van der Waals surface area contributed by atoms with Gasteiger partial charge in [-0.2, -0.15) is 4.98 Å². The zero-order valence-electron chi connectivity index (χ0n) is 16.0. The number of anilines is 2. The van der Waals surface area contributed by atoms with Crippen LogP contribution in [0.3, 0.4) is 0 Å². The summed E-state index contributed by atoms with van der Waals surface area (Å²) in [5.74, 6) is 2.45. The highest BCUT2D eigenvalue weighted by Gasteiger charge is 2.25. The maximum Gasteiger partial charge on any atom is 0.255 e. The number of amides is 1. The van der Waals surface area contributed by atoms with Crippen LogP contribution in [0.2, 0.25) is 0 Å². The zero-order valence-corrected chi connectivity index (χ0v) is 17.6. The Morgan fingerprint density at radius 3 is 2.50 bits per heavy atom. The van der Waals surface area contributed by atoms with Crippen molar-refractivity contribution >= 4 is 33.6 Å². The minimum atomic E-state index is 0.0193. The van der Waals surface area contributed by atoms with Gasteiger partial charge in [-0.05, 0) is 53.0 Å². The molecule has 2 aliphatic heterocycles. The van der Waals surface area contributed by atoms with Crippen LogP contribution in [0.4, 0.5) is 11.8 Å². The van der Waals surface area contributed by atoms with Gasteiger partial charge < -0.3 is 19.4 Å². The van der Waals surface area contributed by atoms with Crippen LogP contribution in [0, 0.1) is 0 Å². The van der Waals surface area contributed by atoms with Crippen molar-refractivity contribution in [2.75, 3.05) is 56.2 Å². The average Bonchev–Trinajstić information content (AvgIpc) is 3.29. The molecule has 8 heteroatoms. The number of nitrogens with zero attached hydrogens (tertiary/aromatic N) is 5. The van der Waals surface area contributed by atoms with Gasteiger partial charge in [0.15, 0.2) is 0 Å². The lowest BCUT2D eigenvalue weighted by molar-refractivity contribution is 0.0745. The van der Waals surface area contributed by atoms with Gasteiger partial charge in [0, 0.05) is 49.9 Å². The molecular formula is C20H24BrN5O2. The van der Waals surface area contributed by atoms with Gasteiger partial charge in [-0.25, -0.2) is 4.98 Å². The predicted molar refractivity (Wildman–Crippen MR) is 112 cm³/mol. The van der Waals surface area contributed by atoms with Crippen LogP contribution >= 0.6 is 15.9 Å². The number of ether oxygens (including phenoxy) is 1. The normalized spacial score (nSPS) is 17.1. The van der Waals surface area contributed by atoms with E-state index < -0.39 is 0 Å². The molecule has 0 unspecified atom stereocenters. The van der Waals surface area contributed by atoms with Gasteiger partial charge in [0.2, 0.25) is 5.95 Å². The van der Waals surface area contributed by atoms with E-state index in [0.717, 1.165) is 42.4 Å². The van der Waals surface area contributed by atoms with Crippen LogP contribution in [0.5, 0.6) is 5.75 Å². The molecule has 2 saturated heterocycles. The van der Waals surface area contributed by atoms with Gasteiger partial charge in [0.05, 0.1) is 12.7 Å². The van der Waals surface area contributed by atoms with Crippen molar-refractivity contribution in [3.63, 3.8) is 0 Å². The molecule has 148 valence electrons. The first-order valence-electron chi connectivity index (χ1n) is 9.61. The molecule has 1 amide bonds. The Morgan fingerprint density at radius 1 is 1.04 bits per heavy atom. The third kappa shape index (κ3) is 3.92. The quantitative estimate of drug-likeness (QED) is 0.720. The smallest absolute Gasteiger partial charge is 0.255 e. The summed E-state index contributed by atoms with van der Waals surface area (Å²) >= 11 is 3.48. The largest absolute Gasteiger partial charge is 0.497 e. The van der Waals surface area contributed by atoms with Crippen LogP contribution in [0.15, 0.2) is 34.9 Å². The van der Waals surface area contributed by atoms with Gasteiger partial charge in [-0.3, -0.25) is 4.79 Å². The minimum absolute atomic E-state index is 0.0193. The van der Waals surface area contributed by atoms with Gasteiger partial charge >= 0.3 is 0 Å². The highest BCUT2D eigenvalue weighted by atomic mass is 79.9. The van der Waals surface area contributed by atoms with E-state index in [0.29, 0.717) is 24.4 Å². The van der Waals surface area contributed by atoms with Gasteiger partial charge in [-0.15, -0.1) is 0 Å². The number of piperazine rings is 1. The summed E-state index contributed by atoms with van der Waals surface area (Å²) in [5.41, 5.74) is 0.631. The second kappa shape index (κ2) is 8.34. The Balaban J connectivity index is 1.42. The number of hydrogen-bond acceptors (Lipinski definition) is 6. The van der Waals surface area contributed by atoms with Crippen molar-refractivity contribution in [1.82, 2.24) is 14.9 Å². The molecule has 4 rings (SSSR count). The molecule has 3 heterocycles. The molecule has 28 heavy (non-hydrogen) atoms. The van der Waals surface area contributed by atoms with Crippen LogP contribution in [0.25, 0.3) is 0 Å². The fourth-order valence-corrected chi connectivity index (χ4v) is 4.11. The summed E-state index contributed by atoms with van der Waals surface area (Å²) in [4.78, 5) is 28.5. The molecule has 2 fully saturated rings. The SMILES string of the molecule is COc1ccc(Br)c(C(=O)N2CCN(c3ccnc(N4CCCC4)n3)CC2)c1. The number of benzene rings is 1. The summed E-state index contributed by atoms with van der Waals surface area (Å²) in [6.45, 7) is 4.88. The van der Waals surface area contributed by atoms with Crippen molar-refractivity contribution in [3.05, 3.63) is 40.5 Å². The molecule has 0 atom stereocenters. The Morgan fingerprint density at radius 2 is 1.79 bits per heavy atom. The van der Waals surface area contributed by atoms with E-state index in [9.17, 15) is 4.79 Å². The Labute approximate surface area is 173 Å². The Kier molecular flexibility index (Phi) is 5.66. The molecule has 1 aromatic carbocycles. The maximum absolute atomic E-state index is 12.9. The number of methoxy groups -OCH3 is 1. The lowest BCUT2D eigenvalue weighted by atomic mass is 10.1. The van der Waals surface area contributed by atoms with Gasteiger partial charge in [0.25, 0.3) is 5.91 Å². The lowest BCUT2D eigenvalue weighted by Crippen LogP contribution is -2.49. The van der Waals surface area contributed by atoms with E-state index in [1.165, 1.54) is 12.8 Å². The van der Waals surface area contributed by atoms with E-state index in [1.54, 1.807) is 13.2 Å². The van der Waals surface area contributed by atoms with Crippen molar-refractivity contribution in [3.8, 4) is 5.75 Å². The molecule has 2 aliphatic rings. The topological polar surface area (TPSA) is 61.8 Å². The third-order valence-electron chi connectivity index (χ3n) is 5.31. The predicted octanol–water partition coefficient (Wildman–Crippen LogP) is 2.81. The molecule has 7 nitrogen and oxygen atoms in total. The van der Waals surface area contributed by atoms with Crippen molar-refractivity contribution < 1.29 is 9.53 Å². The average molecular weight is 446 g/mol. The first kappa shape index (κ1) is 19.0.